The van der Waals surface area contributed by atoms with Crippen LogP contribution in [0.15, 0.2) is 34.3 Å². The predicted molar refractivity (Wildman–Crippen MR) is 85.2 cm³/mol. The molecule has 1 saturated heterocycles. The summed E-state index contributed by atoms with van der Waals surface area (Å²) in [6.07, 6.45) is 4.33. The lowest BCUT2D eigenvalue weighted by Crippen LogP contribution is -2.54. The van der Waals surface area contributed by atoms with Gasteiger partial charge in [0.05, 0.1) is 4.90 Å². The average Bonchev–Trinajstić information content (AvgIpc) is 2.64. The van der Waals surface area contributed by atoms with Crippen molar-refractivity contribution in [2.75, 3.05) is 30.3 Å². The Morgan fingerprint density at radius 2 is 2.40 bits per heavy atom. The fraction of sp³-hybridized carbons (Fsp3) is 0.429. The highest BCUT2D eigenvalue weighted by Crippen LogP contribution is 2.37. The lowest BCUT2D eigenvalue weighted by molar-refractivity contribution is -0.126. The maximum atomic E-state index is 11.8. The Labute approximate surface area is 131 Å². The Kier molecular flexibility index (Phi) is 4.03. The van der Waals surface area contributed by atoms with E-state index in [2.05, 4.69) is 38.5 Å². The Morgan fingerprint density at radius 3 is 3.20 bits per heavy atom. The quantitative estimate of drug-likeness (QED) is 0.727. The molecule has 1 amide bonds. The number of carbonyl (C=O) groups excluding carboxylic acids is 1. The second-order valence-corrected chi connectivity index (χ2v) is 7.00. The first-order chi connectivity index (χ1) is 9.69. The van der Waals surface area contributed by atoms with Gasteiger partial charge in [-0.25, -0.2) is 4.98 Å². The molecular weight excluding hydrogens is 338 g/mol. The lowest BCUT2D eigenvalue weighted by Gasteiger charge is -2.41. The minimum Gasteiger partial charge on any atom is -0.349 e. The molecule has 20 heavy (non-hydrogen) atoms. The van der Waals surface area contributed by atoms with Crippen LogP contribution < -0.4 is 4.90 Å². The molecule has 0 bridgehead atoms. The molecule has 2 aliphatic rings. The summed E-state index contributed by atoms with van der Waals surface area (Å²) in [4.78, 5) is 21.8. The molecule has 3 heterocycles. The van der Waals surface area contributed by atoms with E-state index in [4.69, 9.17) is 0 Å². The molecule has 4 nitrogen and oxygen atoms in total. The van der Waals surface area contributed by atoms with Crippen molar-refractivity contribution in [1.82, 2.24) is 9.88 Å². The number of halogens is 1. The van der Waals surface area contributed by atoms with Crippen molar-refractivity contribution in [2.24, 2.45) is 0 Å². The number of aromatic nitrogens is 1. The van der Waals surface area contributed by atoms with Gasteiger partial charge in [0, 0.05) is 42.1 Å². The first-order valence-electron chi connectivity index (χ1n) is 6.65. The molecule has 0 N–H and O–H groups in total. The van der Waals surface area contributed by atoms with Gasteiger partial charge < -0.3 is 9.80 Å². The first-order valence-corrected chi connectivity index (χ1v) is 8.43. The number of hydrogen-bond acceptors (Lipinski definition) is 4. The molecule has 1 aromatic heterocycles. The number of anilines is 1. The van der Waals surface area contributed by atoms with E-state index < -0.39 is 0 Å². The van der Waals surface area contributed by atoms with Crippen LogP contribution in [0.5, 0.6) is 0 Å². The van der Waals surface area contributed by atoms with Crippen LogP contribution in [-0.4, -0.2) is 47.2 Å². The monoisotopic (exact) mass is 353 g/mol. The van der Waals surface area contributed by atoms with E-state index in [1.54, 1.807) is 0 Å². The Morgan fingerprint density at radius 1 is 1.55 bits per heavy atom. The van der Waals surface area contributed by atoms with Gasteiger partial charge in [-0.2, -0.15) is 0 Å². The van der Waals surface area contributed by atoms with Gasteiger partial charge in [-0.1, -0.05) is 6.58 Å². The number of rotatable bonds is 1. The second-order valence-electron chi connectivity index (χ2n) is 4.95. The van der Waals surface area contributed by atoms with Gasteiger partial charge in [0.15, 0.2) is 0 Å². The number of fused-ring (bicyclic) bond motifs is 3. The van der Waals surface area contributed by atoms with E-state index in [0.29, 0.717) is 6.04 Å². The van der Waals surface area contributed by atoms with Crippen molar-refractivity contribution in [3.63, 3.8) is 0 Å². The fourth-order valence-corrected chi connectivity index (χ4v) is 4.35. The van der Waals surface area contributed by atoms with E-state index in [-0.39, 0.29) is 5.91 Å². The highest BCUT2D eigenvalue weighted by Gasteiger charge is 2.32. The summed E-state index contributed by atoms with van der Waals surface area (Å²) in [7, 11) is 0. The van der Waals surface area contributed by atoms with Gasteiger partial charge >= 0.3 is 0 Å². The number of thioether (sulfide) groups is 1. The van der Waals surface area contributed by atoms with Crippen molar-refractivity contribution in [1.29, 1.82) is 0 Å². The van der Waals surface area contributed by atoms with Crippen molar-refractivity contribution in [3.8, 4) is 0 Å². The summed E-state index contributed by atoms with van der Waals surface area (Å²) >= 11 is 5.33. The third-order valence-corrected chi connectivity index (χ3v) is 5.23. The summed E-state index contributed by atoms with van der Waals surface area (Å²) < 4.78 is 1.02. The van der Waals surface area contributed by atoms with Gasteiger partial charge in [-0.3, -0.25) is 4.79 Å². The summed E-state index contributed by atoms with van der Waals surface area (Å²) in [5, 5.41) is 0. The second kappa shape index (κ2) is 5.77. The number of piperazine rings is 1. The van der Waals surface area contributed by atoms with Gasteiger partial charge in [0.2, 0.25) is 5.91 Å². The number of hydrogen-bond donors (Lipinski definition) is 0. The molecule has 1 atom stereocenters. The molecule has 1 fully saturated rings. The highest BCUT2D eigenvalue weighted by atomic mass is 79.9. The molecule has 2 aliphatic heterocycles. The third-order valence-electron chi connectivity index (χ3n) is 3.75. The Balaban J connectivity index is 1.87. The summed E-state index contributed by atoms with van der Waals surface area (Å²) in [6, 6.07) is 2.49. The first kappa shape index (κ1) is 13.9. The zero-order valence-corrected chi connectivity index (χ0v) is 13.5. The van der Waals surface area contributed by atoms with E-state index in [1.165, 1.54) is 11.0 Å². The van der Waals surface area contributed by atoms with Crippen molar-refractivity contribution in [3.05, 3.63) is 29.4 Å². The zero-order chi connectivity index (χ0) is 14.1. The van der Waals surface area contributed by atoms with Crippen LogP contribution in [0, 0.1) is 0 Å². The van der Waals surface area contributed by atoms with Crippen molar-refractivity contribution in [2.45, 2.75) is 17.4 Å². The number of amides is 1. The Bertz CT molecular complexity index is 551. The molecule has 1 aromatic rings. The van der Waals surface area contributed by atoms with Gasteiger partial charge in [0.1, 0.15) is 5.82 Å². The standard InChI is InChI=1S/C14H16BrN3OS/c1-2-13(19)17-4-5-18-11(9-17)3-6-20-12-7-10(15)8-16-14(12)18/h2,7-8,11H,1,3-6,9H2/t11-/m0/s1. The van der Waals surface area contributed by atoms with E-state index in [9.17, 15) is 4.79 Å². The smallest absolute Gasteiger partial charge is 0.246 e. The number of pyridine rings is 1. The Hall–Kier alpha value is -1.01. The fourth-order valence-electron chi connectivity index (χ4n) is 2.75. The van der Waals surface area contributed by atoms with E-state index in [0.717, 1.165) is 42.1 Å². The maximum absolute atomic E-state index is 11.8. The topological polar surface area (TPSA) is 36.4 Å². The van der Waals surface area contributed by atoms with Gasteiger partial charge in [0.25, 0.3) is 0 Å². The van der Waals surface area contributed by atoms with Crippen LogP contribution in [0.1, 0.15) is 6.42 Å². The minimum atomic E-state index is 0.0329. The molecule has 6 heteroatoms. The van der Waals surface area contributed by atoms with Crippen LogP contribution >= 0.6 is 27.7 Å². The third kappa shape index (κ3) is 2.59. The molecule has 0 spiro atoms. The molecule has 0 radical (unpaired) electrons. The van der Waals surface area contributed by atoms with Crippen molar-refractivity contribution < 1.29 is 4.79 Å². The molecule has 0 aliphatic carbocycles. The van der Waals surface area contributed by atoms with Crippen molar-refractivity contribution >= 4 is 39.4 Å². The van der Waals surface area contributed by atoms with Crippen LogP contribution in [0.3, 0.4) is 0 Å². The normalized spacial score (nSPS) is 21.8. The van der Waals surface area contributed by atoms with Crippen LogP contribution in [-0.2, 0) is 4.79 Å². The SMILES string of the molecule is C=CC(=O)N1CCN2c3ncc(Br)cc3SCC[C@H]2C1. The predicted octanol–water partition coefficient (Wildman–Crippen LogP) is 2.54. The largest absolute Gasteiger partial charge is 0.349 e. The molecular formula is C14H16BrN3OS. The maximum Gasteiger partial charge on any atom is 0.246 e. The lowest BCUT2D eigenvalue weighted by atomic mass is 10.1. The summed E-state index contributed by atoms with van der Waals surface area (Å²) in [5.74, 6) is 2.15. The molecule has 0 unspecified atom stereocenters. The minimum absolute atomic E-state index is 0.0329. The highest BCUT2D eigenvalue weighted by molar-refractivity contribution is 9.10. The average molecular weight is 354 g/mol. The van der Waals surface area contributed by atoms with Crippen LogP contribution in [0.25, 0.3) is 0 Å². The van der Waals surface area contributed by atoms with Crippen LogP contribution in [0.2, 0.25) is 0 Å². The molecule has 0 saturated carbocycles. The van der Waals surface area contributed by atoms with Gasteiger partial charge in [-0.15, -0.1) is 11.8 Å². The van der Waals surface area contributed by atoms with E-state index in [1.807, 2.05) is 22.9 Å². The zero-order valence-electron chi connectivity index (χ0n) is 11.1. The molecule has 106 valence electrons. The number of carbonyl (C=O) groups is 1. The summed E-state index contributed by atoms with van der Waals surface area (Å²) in [6.45, 7) is 5.92. The van der Waals surface area contributed by atoms with E-state index >= 15 is 0 Å². The van der Waals surface area contributed by atoms with Gasteiger partial charge in [-0.05, 0) is 34.5 Å². The summed E-state index contributed by atoms with van der Waals surface area (Å²) in [5.41, 5.74) is 0. The molecule has 3 rings (SSSR count). The number of nitrogens with zero attached hydrogens (tertiary/aromatic N) is 3. The van der Waals surface area contributed by atoms with Crippen LogP contribution in [0.4, 0.5) is 5.82 Å². The molecule has 0 aromatic carbocycles.